The van der Waals surface area contributed by atoms with Crippen LogP contribution in [0.25, 0.3) is 0 Å². The molecule has 1 aliphatic heterocycles. The van der Waals surface area contributed by atoms with Crippen LogP contribution >= 0.6 is 0 Å². The van der Waals surface area contributed by atoms with E-state index in [0.717, 1.165) is 19.5 Å². The maximum Gasteiger partial charge on any atom is 0.222 e. The van der Waals surface area contributed by atoms with Crippen molar-refractivity contribution >= 4 is 5.91 Å². The molecular formula is C12H22N2O. The molecule has 0 spiro atoms. The Hall–Kier alpha value is -0.570. The molecule has 1 N–H and O–H groups in total. The zero-order valence-corrected chi connectivity index (χ0v) is 9.67. The van der Waals surface area contributed by atoms with E-state index in [0.29, 0.717) is 17.9 Å². The van der Waals surface area contributed by atoms with E-state index in [1.54, 1.807) is 0 Å². The van der Waals surface area contributed by atoms with Gasteiger partial charge in [-0.2, -0.15) is 0 Å². The van der Waals surface area contributed by atoms with Gasteiger partial charge in [-0.05, 0) is 38.1 Å². The highest BCUT2D eigenvalue weighted by Crippen LogP contribution is 2.30. The highest BCUT2D eigenvalue weighted by atomic mass is 16.2. The Morgan fingerprint density at radius 2 is 2.13 bits per heavy atom. The molecule has 0 unspecified atom stereocenters. The molecular weight excluding hydrogens is 188 g/mol. The van der Waals surface area contributed by atoms with Gasteiger partial charge in [-0.3, -0.25) is 4.79 Å². The zero-order valence-electron chi connectivity index (χ0n) is 9.67. The Morgan fingerprint density at radius 1 is 1.33 bits per heavy atom. The van der Waals surface area contributed by atoms with Crippen LogP contribution in [0.4, 0.5) is 0 Å². The van der Waals surface area contributed by atoms with Crippen molar-refractivity contribution in [2.24, 2.45) is 5.92 Å². The minimum absolute atomic E-state index is 0.355. The summed E-state index contributed by atoms with van der Waals surface area (Å²) in [5.74, 6) is 1.05. The molecule has 1 aliphatic carbocycles. The Bertz CT molecular complexity index is 220. The quantitative estimate of drug-likeness (QED) is 0.763. The third-order valence-electron chi connectivity index (χ3n) is 3.90. The van der Waals surface area contributed by atoms with Crippen LogP contribution in [0.2, 0.25) is 0 Å². The average molecular weight is 210 g/mol. The molecule has 1 heterocycles. The molecule has 0 aromatic heterocycles. The highest BCUT2D eigenvalue weighted by molar-refractivity contribution is 5.76. The number of likely N-dealkylation sites (N-methyl/N-ethyl adjacent to an activating group) is 1. The SMILES string of the molecule is CN(C(=O)CC1CCC1)[C@@H]1CCCNC1. The van der Waals surface area contributed by atoms with Crippen molar-refractivity contribution < 1.29 is 4.79 Å². The Morgan fingerprint density at radius 3 is 2.67 bits per heavy atom. The largest absolute Gasteiger partial charge is 0.341 e. The second-order valence-corrected chi connectivity index (χ2v) is 5.01. The number of rotatable bonds is 3. The van der Waals surface area contributed by atoms with Gasteiger partial charge in [-0.25, -0.2) is 0 Å². The molecule has 15 heavy (non-hydrogen) atoms. The second-order valence-electron chi connectivity index (χ2n) is 5.01. The smallest absolute Gasteiger partial charge is 0.222 e. The summed E-state index contributed by atoms with van der Waals surface area (Å²) in [5.41, 5.74) is 0. The van der Waals surface area contributed by atoms with Crippen LogP contribution in [0.5, 0.6) is 0 Å². The fourth-order valence-corrected chi connectivity index (χ4v) is 2.46. The molecule has 2 aliphatic rings. The Labute approximate surface area is 92.2 Å². The number of piperidine rings is 1. The summed E-state index contributed by atoms with van der Waals surface area (Å²) < 4.78 is 0. The molecule has 0 bridgehead atoms. The van der Waals surface area contributed by atoms with E-state index in [-0.39, 0.29) is 0 Å². The topological polar surface area (TPSA) is 32.3 Å². The lowest BCUT2D eigenvalue weighted by atomic mass is 9.82. The van der Waals surface area contributed by atoms with Crippen molar-refractivity contribution in [3.63, 3.8) is 0 Å². The van der Waals surface area contributed by atoms with Crippen LogP contribution in [-0.2, 0) is 4.79 Å². The van der Waals surface area contributed by atoms with E-state index >= 15 is 0 Å². The molecule has 0 radical (unpaired) electrons. The third-order valence-corrected chi connectivity index (χ3v) is 3.90. The average Bonchev–Trinajstić information content (AvgIpc) is 2.23. The van der Waals surface area contributed by atoms with Crippen molar-refractivity contribution in [1.29, 1.82) is 0 Å². The first-order chi connectivity index (χ1) is 7.27. The van der Waals surface area contributed by atoms with Crippen LogP contribution in [0.1, 0.15) is 38.5 Å². The summed E-state index contributed by atoms with van der Waals surface area (Å²) in [5, 5.41) is 3.36. The van der Waals surface area contributed by atoms with Crippen LogP contribution in [0.15, 0.2) is 0 Å². The fourth-order valence-electron chi connectivity index (χ4n) is 2.46. The van der Waals surface area contributed by atoms with Gasteiger partial charge in [0.05, 0.1) is 0 Å². The zero-order chi connectivity index (χ0) is 10.7. The van der Waals surface area contributed by atoms with Gasteiger partial charge in [0.25, 0.3) is 0 Å². The molecule has 1 saturated carbocycles. The molecule has 1 atom stereocenters. The van der Waals surface area contributed by atoms with E-state index in [1.165, 1.54) is 32.1 Å². The van der Waals surface area contributed by atoms with Gasteiger partial charge in [0.15, 0.2) is 0 Å². The minimum atomic E-state index is 0.355. The first kappa shape index (κ1) is 10.9. The van der Waals surface area contributed by atoms with Crippen LogP contribution in [-0.4, -0.2) is 37.0 Å². The molecule has 86 valence electrons. The lowest BCUT2D eigenvalue weighted by molar-refractivity contribution is -0.133. The second kappa shape index (κ2) is 4.97. The normalized spacial score (nSPS) is 27.1. The minimum Gasteiger partial charge on any atom is -0.341 e. The third kappa shape index (κ3) is 2.71. The predicted molar refractivity (Wildman–Crippen MR) is 60.6 cm³/mol. The van der Waals surface area contributed by atoms with E-state index in [4.69, 9.17) is 0 Å². The number of nitrogens with zero attached hydrogens (tertiary/aromatic N) is 1. The van der Waals surface area contributed by atoms with Crippen molar-refractivity contribution in [1.82, 2.24) is 10.2 Å². The van der Waals surface area contributed by atoms with Gasteiger partial charge in [-0.1, -0.05) is 6.42 Å². The van der Waals surface area contributed by atoms with E-state index in [9.17, 15) is 4.79 Å². The van der Waals surface area contributed by atoms with Crippen molar-refractivity contribution in [2.45, 2.75) is 44.6 Å². The molecule has 2 rings (SSSR count). The lowest BCUT2D eigenvalue weighted by Gasteiger charge is -2.34. The van der Waals surface area contributed by atoms with Crippen LogP contribution in [0, 0.1) is 5.92 Å². The number of hydrogen-bond acceptors (Lipinski definition) is 2. The summed E-state index contributed by atoms with van der Waals surface area (Å²) >= 11 is 0. The molecule has 0 aromatic carbocycles. The number of carbonyl (C=O) groups excluding carboxylic acids is 1. The summed E-state index contributed by atoms with van der Waals surface area (Å²) in [6.45, 7) is 2.09. The first-order valence-corrected chi connectivity index (χ1v) is 6.24. The van der Waals surface area contributed by atoms with Gasteiger partial charge >= 0.3 is 0 Å². The van der Waals surface area contributed by atoms with Gasteiger partial charge in [-0.15, -0.1) is 0 Å². The van der Waals surface area contributed by atoms with Crippen molar-refractivity contribution in [3.8, 4) is 0 Å². The monoisotopic (exact) mass is 210 g/mol. The Kier molecular flexibility index (Phi) is 3.62. The molecule has 3 nitrogen and oxygen atoms in total. The summed E-state index contributed by atoms with van der Waals surface area (Å²) in [4.78, 5) is 13.9. The summed E-state index contributed by atoms with van der Waals surface area (Å²) in [6, 6.07) is 0.436. The van der Waals surface area contributed by atoms with Crippen molar-refractivity contribution in [3.05, 3.63) is 0 Å². The van der Waals surface area contributed by atoms with Crippen LogP contribution in [0.3, 0.4) is 0 Å². The van der Waals surface area contributed by atoms with E-state index < -0.39 is 0 Å². The number of hydrogen-bond donors (Lipinski definition) is 1. The maximum atomic E-state index is 11.9. The number of carbonyl (C=O) groups is 1. The fraction of sp³-hybridized carbons (Fsp3) is 0.917. The van der Waals surface area contributed by atoms with E-state index in [2.05, 4.69) is 5.32 Å². The van der Waals surface area contributed by atoms with Gasteiger partial charge in [0.1, 0.15) is 0 Å². The molecule has 3 heteroatoms. The highest BCUT2D eigenvalue weighted by Gasteiger charge is 2.26. The number of amides is 1. The maximum absolute atomic E-state index is 11.9. The number of nitrogens with one attached hydrogen (secondary N) is 1. The predicted octanol–water partition coefficient (Wildman–Crippen LogP) is 1.39. The molecule has 2 fully saturated rings. The first-order valence-electron chi connectivity index (χ1n) is 6.24. The lowest BCUT2D eigenvalue weighted by Crippen LogP contribution is -2.47. The summed E-state index contributed by atoms with van der Waals surface area (Å²) in [7, 11) is 1.97. The van der Waals surface area contributed by atoms with Crippen molar-refractivity contribution in [2.75, 3.05) is 20.1 Å². The molecule has 0 aromatic rings. The van der Waals surface area contributed by atoms with Gasteiger partial charge < -0.3 is 10.2 Å². The van der Waals surface area contributed by atoms with Gasteiger partial charge in [0, 0.05) is 26.1 Å². The molecule has 1 amide bonds. The van der Waals surface area contributed by atoms with E-state index in [1.807, 2.05) is 11.9 Å². The molecule has 1 saturated heterocycles. The summed E-state index contributed by atoms with van der Waals surface area (Å²) in [6.07, 6.45) is 7.01. The van der Waals surface area contributed by atoms with Gasteiger partial charge in [0.2, 0.25) is 5.91 Å². The Balaban J connectivity index is 1.77. The van der Waals surface area contributed by atoms with Crippen LogP contribution < -0.4 is 5.32 Å². The standard InChI is InChI=1S/C12H22N2O/c1-14(11-6-3-7-13-9-11)12(15)8-10-4-2-5-10/h10-11,13H,2-9H2,1H3/t11-/m1/s1.